The monoisotopic (exact) mass is 234 g/mol. The van der Waals surface area contributed by atoms with Crippen molar-refractivity contribution in [2.24, 2.45) is 0 Å². The Labute approximate surface area is 98.8 Å². The quantitative estimate of drug-likeness (QED) is 0.816. The van der Waals surface area contributed by atoms with Crippen LogP contribution in [0.5, 0.6) is 5.75 Å². The summed E-state index contributed by atoms with van der Waals surface area (Å²) in [5.41, 5.74) is -0.320. The second kappa shape index (κ2) is 3.47. The number of ether oxygens (including phenoxy) is 1. The van der Waals surface area contributed by atoms with E-state index in [9.17, 15) is 15.0 Å². The molecule has 2 aliphatic heterocycles. The molecule has 3 atom stereocenters. The fraction of sp³-hybridized carbons (Fsp3) is 0.462. The van der Waals surface area contributed by atoms with Crippen molar-refractivity contribution in [2.75, 3.05) is 0 Å². The molecule has 1 aromatic carbocycles. The van der Waals surface area contributed by atoms with Gasteiger partial charge >= 0.3 is 5.97 Å². The van der Waals surface area contributed by atoms with E-state index in [4.69, 9.17) is 4.74 Å². The number of carboxylic acids is 1. The number of fused-ring (bicyclic) bond motifs is 2. The molecule has 2 heterocycles. The molecule has 90 valence electrons. The van der Waals surface area contributed by atoms with Gasteiger partial charge in [0.2, 0.25) is 0 Å². The molecule has 0 radical (unpaired) electrons. The molecule has 0 spiro atoms. The topological polar surface area (TPSA) is 66.8 Å². The van der Waals surface area contributed by atoms with Crippen molar-refractivity contribution in [1.29, 1.82) is 0 Å². The van der Waals surface area contributed by atoms with Crippen molar-refractivity contribution in [2.45, 2.75) is 36.9 Å². The van der Waals surface area contributed by atoms with Gasteiger partial charge in [-0.1, -0.05) is 12.1 Å². The van der Waals surface area contributed by atoms with Gasteiger partial charge in [-0.15, -0.1) is 0 Å². The Hall–Kier alpha value is -1.55. The first kappa shape index (κ1) is 10.6. The molecule has 0 aromatic heterocycles. The number of rotatable bonds is 2. The Morgan fingerprint density at radius 2 is 2.24 bits per heavy atom. The zero-order chi connectivity index (χ0) is 12.0. The standard InChI is InChI=1S/C13H14O4/c14-9-3-1-2-8(6-9)13(12(15)16)7-10-4-5-11(13)17-10/h1-3,6,10-11,14H,4-5,7H2,(H,15,16). The van der Waals surface area contributed by atoms with Crippen LogP contribution in [-0.4, -0.2) is 28.4 Å². The second-order valence-electron chi connectivity index (χ2n) is 4.86. The molecule has 2 saturated heterocycles. The van der Waals surface area contributed by atoms with Gasteiger partial charge in [0.15, 0.2) is 0 Å². The second-order valence-corrected chi connectivity index (χ2v) is 4.86. The van der Waals surface area contributed by atoms with Crippen molar-refractivity contribution in [1.82, 2.24) is 0 Å². The fourth-order valence-corrected chi connectivity index (χ4v) is 3.14. The van der Waals surface area contributed by atoms with E-state index in [1.807, 2.05) is 0 Å². The Bertz CT molecular complexity index is 470. The Morgan fingerprint density at radius 3 is 2.76 bits per heavy atom. The fourth-order valence-electron chi connectivity index (χ4n) is 3.14. The number of aliphatic carboxylic acids is 1. The predicted molar refractivity (Wildman–Crippen MR) is 59.9 cm³/mol. The van der Waals surface area contributed by atoms with Crippen LogP contribution in [-0.2, 0) is 14.9 Å². The molecule has 2 N–H and O–H groups in total. The molecule has 4 nitrogen and oxygen atoms in total. The van der Waals surface area contributed by atoms with E-state index < -0.39 is 11.4 Å². The highest BCUT2D eigenvalue weighted by Gasteiger charge is 2.58. The highest BCUT2D eigenvalue weighted by molar-refractivity contribution is 5.83. The van der Waals surface area contributed by atoms with Crippen LogP contribution >= 0.6 is 0 Å². The number of phenolic OH excluding ortho intramolecular Hbond substituents is 1. The maximum atomic E-state index is 11.7. The summed E-state index contributed by atoms with van der Waals surface area (Å²) in [7, 11) is 0. The SMILES string of the molecule is O=C(O)C1(c2cccc(O)c2)CC2CCC1O2. The average Bonchev–Trinajstić information content (AvgIpc) is 2.89. The van der Waals surface area contributed by atoms with Gasteiger partial charge in [-0.3, -0.25) is 4.79 Å². The van der Waals surface area contributed by atoms with Gasteiger partial charge in [-0.05, 0) is 37.0 Å². The van der Waals surface area contributed by atoms with Gasteiger partial charge in [0.05, 0.1) is 12.2 Å². The number of aromatic hydroxyl groups is 1. The van der Waals surface area contributed by atoms with Crippen LogP contribution in [0.4, 0.5) is 0 Å². The molecule has 17 heavy (non-hydrogen) atoms. The van der Waals surface area contributed by atoms with Gasteiger partial charge < -0.3 is 14.9 Å². The third-order valence-electron chi connectivity index (χ3n) is 3.95. The first-order chi connectivity index (χ1) is 8.13. The maximum Gasteiger partial charge on any atom is 0.316 e. The lowest BCUT2D eigenvalue weighted by atomic mass is 9.69. The number of carbonyl (C=O) groups is 1. The lowest BCUT2D eigenvalue weighted by Crippen LogP contribution is -2.44. The summed E-state index contributed by atoms with van der Waals surface area (Å²) < 4.78 is 5.68. The molecular weight excluding hydrogens is 220 g/mol. The molecule has 3 unspecified atom stereocenters. The zero-order valence-electron chi connectivity index (χ0n) is 9.30. The molecule has 2 fully saturated rings. The summed E-state index contributed by atoms with van der Waals surface area (Å²) in [5, 5.41) is 19.1. The average molecular weight is 234 g/mol. The first-order valence-electron chi connectivity index (χ1n) is 5.81. The van der Waals surface area contributed by atoms with E-state index in [0.29, 0.717) is 12.0 Å². The van der Waals surface area contributed by atoms with E-state index in [1.54, 1.807) is 18.2 Å². The zero-order valence-corrected chi connectivity index (χ0v) is 9.30. The van der Waals surface area contributed by atoms with Crippen LogP contribution in [0.2, 0.25) is 0 Å². The third-order valence-corrected chi connectivity index (χ3v) is 3.95. The number of phenols is 1. The normalized spacial score (nSPS) is 35.1. The van der Waals surface area contributed by atoms with Gasteiger partial charge in [0, 0.05) is 0 Å². The number of hydrogen-bond donors (Lipinski definition) is 2. The van der Waals surface area contributed by atoms with Crippen LogP contribution < -0.4 is 0 Å². The summed E-state index contributed by atoms with van der Waals surface area (Å²) in [6.45, 7) is 0. The van der Waals surface area contributed by atoms with E-state index in [0.717, 1.165) is 12.8 Å². The lowest BCUT2D eigenvalue weighted by Gasteiger charge is -2.31. The summed E-state index contributed by atoms with van der Waals surface area (Å²) in [5.74, 6) is -0.749. The van der Waals surface area contributed by atoms with Crippen molar-refractivity contribution < 1.29 is 19.7 Å². The van der Waals surface area contributed by atoms with Crippen LogP contribution in [0.3, 0.4) is 0 Å². The molecule has 1 aromatic rings. The summed E-state index contributed by atoms with van der Waals surface area (Å²) in [6.07, 6.45) is 2.03. The maximum absolute atomic E-state index is 11.7. The highest BCUT2D eigenvalue weighted by atomic mass is 16.5. The predicted octanol–water partition coefficient (Wildman–Crippen LogP) is 1.67. The van der Waals surface area contributed by atoms with Crippen LogP contribution in [0.1, 0.15) is 24.8 Å². The minimum atomic E-state index is -0.971. The highest BCUT2D eigenvalue weighted by Crippen LogP contribution is 2.50. The van der Waals surface area contributed by atoms with Crippen LogP contribution in [0.15, 0.2) is 24.3 Å². The molecule has 2 bridgehead atoms. The van der Waals surface area contributed by atoms with E-state index >= 15 is 0 Å². The summed E-state index contributed by atoms with van der Waals surface area (Å²) >= 11 is 0. The molecular formula is C13H14O4. The molecule has 0 saturated carbocycles. The summed E-state index contributed by atoms with van der Waals surface area (Å²) in [6, 6.07) is 6.53. The summed E-state index contributed by atoms with van der Waals surface area (Å²) in [4.78, 5) is 11.7. The molecule has 4 heteroatoms. The van der Waals surface area contributed by atoms with Crippen molar-refractivity contribution in [3.8, 4) is 5.75 Å². The Kier molecular flexibility index (Phi) is 2.16. The number of benzene rings is 1. The van der Waals surface area contributed by atoms with Gasteiger partial charge in [0.25, 0.3) is 0 Å². The lowest BCUT2D eigenvalue weighted by molar-refractivity contribution is -0.146. The smallest absolute Gasteiger partial charge is 0.316 e. The molecule has 3 rings (SSSR count). The number of hydrogen-bond acceptors (Lipinski definition) is 3. The van der Waals surface area contributed by atoms with Crippen molar-refractivity contribution >= 4 is 5.97 Å². The van der Waals surface area contributed by atoms with E-state index in [-0.39, 0.29) is 18.0 Å². The van der Waals surface area contributed by atoms with Crippen molar-refractivity contribution in [3.63, 3.8) is 0 Å². The molecule has 0 amide bonds. The van der Waals surface area contributed by atoms with Crippen LogP contribution in [0, 0.1) is 0 Å². The molecule has 2 aliphatic rings. The van der Waals surface area contributed by atoms with Gasteiger partial charge in [-0.25, -0.2) is 0 Å². The van der Waals surface area contributed by atoms with E-state index in [1.165, 1.54) is 6.07 Å². The Morgan fingerprint density at radius 1 is 1.41 bits per heavy atom. The minimum absolute atomic E-state index is 0.0541. The number of carboxylic acid groups (broad SMARTS) is 1. The third kappa shape index (κ3) is 1.37. The van der Waals surface area contributed by atoms with Crippen LogP contribution in [0.25, 0.3) is 0 Å². The minimum Gasteiger partial charge on any atom is -0.508 e. The first-order valence-corrected chi connectivity index (χ1v) is 5.81. The van der Waals surface area contributed by atoms with E-state index in [2.05, 4.69) is 0 Å². The van der Waals surface area contributed by atoms with Gasteiger partial charge in [0.1, 0.15) is 11.2 Å². The van der Waals surface area contributed by atoms with Crippen molar-refractivity contribution in [3.05, 3.63) is 29.8 Å². The largest absolute Gasteiger partial charge is 0.508 e. The Balaban J connectivity index is 2.10. The molecule has 0 aliphatic carbocycles. The van der Waals surface area contributed by atoms with Gasteiger partial charge in [-0.2, -0.15) is 0 Å².